The fourth-order valence-electron chi connectivity index (χ4n) is 3.08. The van der Waals surface area contributed by atoms with E-state index < -0.39 is 27.8 Å². The molecule has 37 heavy (non-hydrogen) atoms. The number of rotatable bonds is 10. The van der Waals surface area contributed by atoms with E-state index in [1.165, 1.54) is 49.6 Å². The summed E-state index contributed by atoms with van der Waals surface area (Å²) in [6, 6.07) is 12.9. The second-order valence-electron chi connectivity index (χ2n) is 7.67. The van der Waals surface area contributed by atoms with Crippen LogP contribution in [0.25, 0.3) is 0 Å². The van der Waals surface area contributed by atoms with Crippen LogP contribution in [0.15, 0.2) is 65.7 Å². The minimum atomic E-state index is -4.19. The Hall–Kier alpha value is -3.96. The lowest BCUT2D eigenvalue weighted by Crippen LogP contribution is -2.30. The molecule has 0 aliphatic rings. The van der Waals surface area contributed by atoms with E-state index in [0.717, 1.165) is 6.20 Å². The Labute approximate surface area is 219 Å². The average molecular weight is 546 g/mol. The number of nitrogens with one attached hydrogen (secondary N) is 2. The number of hydrogen-bond acceptors (Lipinski definition) is 8. The normalized spacial score (nSPS) is 10.9. The Morgan fingerprint density at radius 2 is 1.73 bits per heavy atom. The first-order valence-corrected chi connectivity index (χ1v) is 12.9. The van der Waals surface area contributed by atoms with Crippen molar-refractivity contribution in [1.82, 2.24) is 15.0 Å². The highest BCUT2D eigenvalue weighted by atomic mass is 35.5. The molecule has 1 aromatic heterocycles. The zero-order valence-corrected chi connectivity index (χ0v) is 21.6. The number of nitrogens with zero attached hydrogens (tertiary/aromatic N) is 1. The van der Waals surface area contributed by atoms with Gasteiger partial charge in [0.25, 0.3) is 21.8 Å². The van der Waals surface area contributed by atoms with Crippen LogP contribution in [0.2, 0.25) is 5.02 Å². The molecule has 0 atom stereocenters. The van der Waals surface area contributed by atoms with Crippen molar-refractivity contribution >= 4 is 39.4 Å². The van der Waals surface area contributed by atoms with Crippen molar-refractivity contribution in [3.05, 3.63) is 88.2 Å². The van der Waals surface area contributed by atoms with Gasteiger partial charge in [-0.15, -0.1) is 0 Å². The summed E-state index contributed by atoms with van der Waals surface area (Å²) in [7, 11) is -2.75. The lowest BCUT2D eigenvalue weighted by molar-refractivity contribution is 0.0497. The van der Waals surface area contributed by atoms with E-state index in [-0.39, 0.29) is 34.9 Å². The Morgan fingerprint density at radius 1 is 1.00 bits per heavy atom. The highest BCUT2D eigenvalue weighted by molar-refractivity contribution is 7.90. The third kappa shape index (κ3) is 7.28. The highest BCUT2D eigenvalue weighted by Crippen LogP contribution is 2.22. The Balaban J connectivity index is 1.61. The molecule has 1 heterocycles. The number of ether oxygens (including phenoxy) is 2. The van der Waals surface area contributed by atoms with Crippen LogP contribution in [0.5, 0.6) is 5.75 Å². The molecule has 0 saturated heterocycles. The van der Waals surface area contributed by atoms with Crippen LogP contribution in [-0.4, -0.2) is 44.9 Å². The number of sulfonamides is 1. The molecular formula is C25H24ClN3O7S. The Bertz CT molecular complexity index is 1390. The van der Waals surface area contributed by atoms with Crippen molar-refractivity contribution < 1.29 is 32.3 Å². The van der Waals surface area contributed by atoms with E-state index in [9.17, 15) is 22.8 Å². The van der Waals surface area contributed by atoms with Crippen LogP contribution >= 0.6 is 11.6 Å². The van der Waals surface area contributed by atoms with Crippen LogP contribution < -0.4 is 14.8 Å². The van der Waals surface area contributed by atoms with Gasteiger partial charge in [0.15, 0.2) is 0 Å². The summed E-state index contributed by atoms with van der Waals surface area (Å²) in [5, 5.41) is 3.09. The number of halogens is 1. The smallest absolute Gasteiger partial charge is 0.356 e. The van der Waals surface area contributed by atoms with Gasteiger partial charge in [-0.3, -0.25) is 9.59 Å². The van der Waals surface area contributed by atoms with Gasteiger partial charge in [0.2, 0.25) is 0 Å². The SMILES string of the molecule is CCCOC(=O)c1ccc(C(=O)NS(=O)(=O)c2ccc(CNC(=O)c3cc(Cl)ccc3OC)cc2)cn1. The van der Waals surface area contributed by atoms with Crippen molar-refractivity contribution in [1.29, 1.82) is 0 Å². The number of esters is 1. The molecule has 10 nitrogen and oxygen atoms in total. The van der Waals surface area contributed by atoms with Gasteiger partial charge in [0.05, 0.1) is 29.7 Å². The minimum absolute atomic E-state index is 0.00402. The number of aromatic nitrogens is 1. The van der Waals surface area contributed by atoms with Gasteiger partial charge in [-0.05, 0) is 54.4 Å². The predicted octanol–water partition coefficient (Wildman–Crippen LogP) is 3.36. The molecule has 0 radical (unpaired) electrons. The standard InChI is InChI=1S/C25H24ClN3O7S/c1-3-12-36-25(32)21-10-6-17(15-27-21)23(30)29-37(33,34)19-8-4-16(5-9-19)14-28-24(31)20-13-18(26)7-11-22(20)35-2/h4-11,13,15H,3,12,14H2,1-2H3,(H,28,31)(H,29,30). The molecule has 0 spiro atoms. The lowest BCUT2D eigenvalue weighted by atomic mass is 10.1. The zero-order valence-electron chi connectivity index (χ0n) is 20.0. The second-order valence-corrected chi connectivity index (χ2v) is 9.79. The molecule has 0 unspecified atom stereocenters. The van der Waals surface area contributed by atoms with Gasteiger partial charge in [-0.2, -0.15) is 0 Å². The van der Waals surface area contributed by atoms with Crippen LogP contribution in [0.3, 0.4) is 0 Å². The Kier molecular flexibility index (Phi) is 9.20. The van der Waals surface area contributed by atoms with Gasteiger partial charge in [-0.25, -0.2) is 22.9 Å². The monoisotopic (exact) mass is 545 g/mol. The largest absolute Gasteiger partial charge is 0.496 e. The number of carbonyl (C=O) groups is 3. The molecule has 0 saturated carbocycles. The molecule has 3 rings (SSSR count). The molecule has 0 aliphatic heterocycles. The molecule has 3 aromatic rings. The average Bonchev–Trinajstić information content (AvgIpc) is 2.90. The van der Waals surface area contributed by atoms with E-state index in [2.05, 4.69) is 10.3 Å². The fourth-order valence-corrected chi connectivity index (χ4v) is 4.23. The number of carbonyl (C=O) groups excluding carboxylic acids is 3. The van der Waals surface area contributed by atoms with Gasteiger partial charge >= 0.3 is 5.97 Å². The van der Waals surface area contributed by atoms with Crippen molar-refractivity contribution in [2.45, 2.75) is 24.8 Å². The molecule has 0 fully saturated rings. The van der Waals surface area contributed by atoms with Crippen LogP contribution in [0, 0.1) is 0 Å². The summed E-state index contributed by atoms with van der Waals surface area (Å²) in [6.45, 7) is 2.20. The molecule has 194 valence electrons. The van der Waals surface area contributed by atoms with E-state index in [0.29, 0.717) is 22.8 Å². The first-order valence-electron chi connectivity index (χ1n) is 11.1. The fraction of sp³-hybridized carbons (Fsp3) is 0.200. The van der Waals surface area contributed by atoms with Crippen molar-refractivity contribution in [2.75, 3.05) is 13.7 Å². The summed E-state index contributed by atoms with van der Waals surface area (Å²) in [5.41, 5.74) is 0.836. The molecule has 2 N–H and O–H groups in total. The first-order chi connectivity index (χ1) is 17.6. The lowest BCUT2D eigenvalue weighted by Gasteiger charge is -2.11. The Morgan fingerprint density at radius 3 is 2.35 bits per heavy atom. The van der Waals surface area contributed by atoms with Gasteiger partial charge in [-0.1, -0.05) is 30.7 Å². The summed E-state index contributed by atoms with van der Waals surface area (Å²) >= 11 is 5.96. The third-order valence-corrected chi connectivity index (χ3v) is 6.57. The molecule has 12 heteroatoms. The van der Waals surface area contributed by atoms with E-state index in [1.807, 2.05) is 11.6 Å². The van der Waals surface area contributed by atoms with Gasteiger partial charge < -0.3 is 14.8 Å². The topological polar surface area (TPSA) is 141 Å². The number of amides is 2. The number of hydrogen-bond donors (Lipinski definition) is 2. The van der Waals surface area contributed by atoms with Crippen LogP contribution in [0.1, 0.15) is 50.1 Å². The van der Waals surface area contributed by atoms with E-state index in [1.54, 1.807) is 12.1 Å². The van der Waals surface area contributed by atoms with E-state index >= 15 is 0 Å². The van der Waals surface area contributed by atoms with E-state index in [4.69, 9.17) is 21.1 Å². The summed E-state index contributed by atoms with van der Waals surface area (Å²) in [6.07, 6.45) is 1.74. The second kappa shape index (κ2) is 12.3. The predicted molar refractivity (Wildman–Crippen MR) is 135 cm³/mol. The number of pyridine rings is 1. The van der Waals surface area contributed by atoms with Gasteiger partial charge in [0.1, 0.15) is 11.4 Å². The maximum Gasteiger partial charge on any atom is 0.356 e. The van der Waals surface area contributed by atoms with Crippen molar-refractivity contribution in [2.24, 2.45) is 0 Å². The quantitative estimate of drug-likeness (QED) is 0.369. The number of methoxy groups -OCH3 is 1. The summed E-state index contributed by atoms with van der Waals surface area (Å²) in [4.78, 5) is 40.5. The van der Waals surface area contributed by atoms with Crippen LogP contribution in [-0.2, 0) is 21.3 Å². The first kappa shape index (κ1) is 27.6. The van der Waals surface area contributed by atoms with Crippen molar-refractivity contribution in [3.63, 3.8) is 0 Å². The summed E-state index contributed by atoms with van der Waals surface area (Å²) in [5.74, 6) is -1.60. The maximum absolute atomic E-state index is 12.7. The third-order valence-electron chi connectivity index (χ3n) is 4.99. The molecule has 0 bridgehead atoms. The highest BCUT2D eigenvalue weighted by Gasteiger charge is 2.20. The van der Waals surface area contributed by atoms with Crippen LogP contribution in [0.4, 0.5) is 0 Å². The maximum atomic E-state index is 12.7. The number of benzene rings is 2. The molecular weight excluding hydrogens is 522 g/mol. The van der Waals surface area contributed by atoms with Gasteiger partial charge in [0, 0.05) is 17.8 Å². The minimum Gasteiger partial charge on any atom is -0.496 e. The molecule has 0 aliphatic carbocycles. The van der Waals surface area contributed by atoms with Crippen molar-refractivity contribution in [3.8, 4) is 5.75 Å². The molecule has 2 amide bonds. The summed E-state index contributed by atoms with van der Waals surface area (Å²) < 4.78 is 37.4. The zero-order chi connectivity index (χ0) is 27.0. The molecule has 2 aromatic carbocycles.